The van der Waals surface area contributed by atoms with Crippen LogP contribution in [0.25, 0.3) is 0 Å². The zero-order chi connectivity index (χ0) is 26.1. The number of benzene rings is 1. The summed E-state index contributed by atoms with van der Waals surface area (Å²) in [6.07, 6.45) is -1.46. The van der Waals surface area contributed by atoms with Crippen LogP contribution in [0.15, 0.2) is 12.1 Å². The normalized spacial score (nSPS) is 22.2. The molecule has 0 saturated carbocycles. The summed E-state index contributed by atoms with van der Waals surface area (Å²) in [5.41, 5.74) is 0.287. The van der Waals surface area contributed by atoms with Gasteiger partial charge in [0, 0.05) is 39.3 Å². The lowest BCUT2D eigenvalue weighted by atomic mass is 10.1. The lowest BCUT2D eigenvalue weighted by molar-refractivity contribution is 0.0561. The Kier molecular flexibility index (Phi) is 8.18. The summed E-state index contributed by atoms with van der Waals surface area (Å²) in [6.45, 7) is 15.6. The fourth-order valence-corrected chi connectivity index (χ4v) is 5.90. The van der Waals surface area contributed by atoms with Crippen LogP contribution in [0, 0.1) is 11.3 Å². The summed E-state index contributed by atoms with van der Waals surface area (Å²) in [6, 6.07) is 4.78. The van der Waals surface area contributed by atoms with Gasteiger partial charge in [-0.3, -0.25) is 15.0 Å². The van der Waals surface area contributed by atoms with Gasteiger partial charge < -0.3 is 19.3 Å². The summed E-state index contributed by atoms with van der Waals surface area (Å²) >= 11 is 6.44. The van der Waals surface area contributed by atoms with Crippen molar-refractivity contribution in [3.63, 3.8) is 0 Å². The highest BCUT2D eigenvalue weighted by Crippen LogP contribution is 2.39. The van der Waals surface area contributed by atoms with E-state index in [0.717, 1.165) is 26.2 Å². The maximum absolute atomic E-state index is 13.6. The van der Waals surface area contributed by atoms with Gasteiger partial charge in [0.15, 0.2) is 8.32 Å². The molecule has 2 unspecified atom stereocenters. The molecule has 2 fully saturated rings. The molecule has 0 spiro atoms. The van der Waals surface area contributed by atoms with Crippen molar-refractivity contribution < 1.29 is 19.1 Å². The zero-order valence-corrected chi connectivity index (χ0v) is 23.1. The predicted molar refractivity (Wildman–Crippen MR) is 139 cm³/mol. The summed E-state index contributed by atoms with van der Waals surface area (Å²) < 4.78 is 6.84. The third-order valence-corrected chi connectivity index (χ3v) is 12.4. The van der Waals surface area contributed by atoms with Crippen molar-refractivity contribution in [1.82, 2.24) is 14.7 Å². The third kappa shape index (κ3) is 6.16. The smallest absolute Gasteiger partial charge is 0.409 e. The molecule has 35 heavy (non-hydrogen) atoms. The number of halogens is 1. The Hall–Kier alpha value is -2.16. The number of hydrogen-bond acceptors (Lipinski definition) is 6. The number of likely N-dealkylation sites (N-methyl/N-ethyl adjacent to an activating group) is 1. The molecule has 2 amide bonds. The van der Waals surface area contributed by atoms with Crippen molar-refractivity contribution in [1.29, 1.82) is 5.26 Å². The quantitative estimate of drug-likeness (QED) is 0.567. The zero-order valence-electron chi connectivity index (χ0n) is 21.4. The largest absolute Gasteiger partial charge is 0.465 e. The van der Waals surface area contributed by atoms with Gasteiger partial charge in [-0.2, -0.15) is 5.26 Å². The molecule has 0 aromatic heterocycles. The van der Waals surface area contributed by atoms with Gasteiger partial charge in [-0.25, -0.2) is 4.79 Å². The van der Waals surface area contributed by atoms with Crippen LogP contribution in [0.3, 0.4) is 0 Å². The van der Waals surface area contributed by atoms with E-state index in [1.54, 1.807) is 4.90 Å². The molecule has 0 radical (unpaired) electrons. The van der Waals surface area contributed by atoms with Gasteiger partial charge in [-0.15, -0.1) is 0 Å². The Morgan fingerprint density at radius 2 is 1.83 bits per heavy atom. The summed E-state index contributed by atoms with van der Waals surface area (Å²) in [7, 11) is 0.00461. The van der Waals surface area contributed by atoms with Crippen molar-refractivity contribution in [2.45, 2.75) is 51.0 Å². The average molecular weight is 522 g/mol. The minimum Gasteiger partial charge on any atom is -0.465 e. The van der Waals surface area contributed by atoms with E-state index in [4.69, 9.17) is 21.1 Å². The number of amides is 2. The molecule has 192 valence electrons. The van der Waals surface area contributed by atoms with E-state index in [-0.39, 0.29) is 44.9 Å². The first-order valence-corrected chi connectivity index (χ1v) is 15.2. The molecule has 2 saturated heterocycles. The number of likely N-dealkylation sites (tertiary alicyclic amines) is 1. The molecule has 2 aliphatic heterocycles. The van der Waals surface area contributed by atoms with Gasteiger partial charge in [0.2, 0.25) is 0 Å². The number of carboxylic acid groups (broad SMARTS) is 1. The highest BCUT2D eigenvalue weighted by Gasteiger charge is 2.46. The van der Waals surface area contributed by atoms with E-state index < -0.39 is 14.4 Å². The monoisotopic (exact) mass is 521 g/mol. The molecular formula is C24H36ClN5O4Si. The molecule has 2 heterocycles. The number of hydrogen-bond donors (Lipinski definition) is 2. The standard InChI is InChI=1S/C24H36ClN5O4Si/c1-24(2,3)35(5,6)34-20-15-30(14-19(20)29-9-7-28(4)8-10-29)22(31)17-11-16(13-26)12-18(21(17)25)27-23(32)33/h11-12,19-20,27H,7-10,14-15H2,1-6H3,(H,32,33). The fraction of sp³-hybridized carbons (Fsp3) is 0.625. The number of carbonyl (C=O) groups excluding carboxylic acids is 1. The number of rotatable bonds is 5. The van der Waals surface area contributed by atoms with Crippen molar-refractivity contribution >= 4 is 37.6 Å². The maximum atomic E-state index is 13.6. The highest BCUT2D eigenvalue weighted by atomic mass is 35.5. The lowest BCUT2D eigenvalue weighted by Crippen LogP contribution is -2.55. The molecule has 1 aromatic carbocycles. The molecule has 1 aromatic rings. The third-order valence-electron chi connectivity index (χ3n) is 7.46. The number of nitriles is 1. The topological polar surface area (TPSA) is 109 Å². The van der Waals surface area contributed by atoms with E-state index in [2.05, 4.69) is 56.0 Å². The van der Waals surface area contributed by atoms with Crippen LogP contribution in [0.4, 0.5) is 10.5 Å². The first-order chi connectivity index (χ1) is 16.2. The molecule has 2 N–H and O–H groups in total. The molecule has 3 rings (SSSR count). The van der Waals surface area contributed by atoms with Crippen molar-refractivity contribution in [3.05, 3.63) is 28.3 Å². The number of carbonyl (C=O) groups is 2. The van der Waals surface area contributed by atoms with Gasteiger partial charge in [-0.05, 0) is 37.3 Å². The lowest BCUT2D eigenvalue weighted by Gasteiger charge is -2.43. The van der Waals surface area contributed by atoms with E-state index in [1.807, 2.05) is 6.07 Å². The Labute approximate surface area is 213 Å². The van der Waals surface area contributed by atoms with Crippen molar-refractivity contribution in [2.24, 2.45) is 0 Å². The second kappa shape index (κ2) is 10.4. The maximum Gasteiger partial charge on any atom is 0.409 e. The predicted octanol–water partition coefficient (Wildman–Crippen LogP) is 3.76. The van der Waals surface area contributed by atoms with Gasteiger partial charge in [0.25, 0.3) is 5.91 Å². The summed E-state index contributed by atoms with van der Waals surface area (Å²) in [5, 5.41) is 20.8. The van der Waals surface area contributed by atoms with Gasteiger partial charge in [0.05, 0.1) is 40.1 Å². The number of piperazine rings is 1. The SMILES string of the molecule is CN1CCN(C2CN(C(=O)c3cc(C#N)cc(NC(=O)O)c3Cl)CC2O[Si](C)(C)C(C)(C)C)CC1. The van der Waals surface area contributed by atoms with Gasteiger partial charge in [-0.1, -0.05) is 32.4 Å². The Morgan fingerprint density at radius 3 is 2.37 bits per heavy atom. The Balaban J connectivity index is 1.92. The van der Waals surface area contributed by atoms with E-state index in [0.29, 0.717) is 13.1 Å². The van der Waals surface area contributed by atoms with Crippen molar-refractivity contribution in [2.75, 3.05) is 51.6 Å². The van der Waals surface area contributed by atoms with E-state index >= 15 is 0 Å². The van der Waals surface area contributed by atoms with Crippen LogP contribution in [0.1, 0.15) is 36.7 Å². The first kappa shape index (κ1) is 27.4. The minimum atomic E-state index is -2.10. The van der Waals surface area contributed by atoms with Crippen molar-refractivity contribution in [3.8, 4) is 6.07 Å². The van der Waals surface area contributed by atoms with Crippen LogP contribution < -0.4 is 5.32 Å². The molecule has 2 aliphatic rings. The molecule has 0 aliphatic carbocycles. The van der Waals surface area contributed by atoms with Gasteiger partial charge >= 0.3 is 6.09 Å². The number of anilines is 1. The van der Waals surface area contributed by atoms with E-state index in [1.165, 1.54) is 12.1 Å². The van der Waals surface area contributed by atoms with Crippen LogP contribution in [0.5, 0.6) is 0 Å². The van der Waals surface area contributed by atoms with Crippen LogP contribution in [-0.4, -0.2) is 98.6 Å². The van der Waals surface area contributed by atoms with Crippen LogP contribution in [0.2, 0.25) is 23.2 Å². The van der Waals surface area contributed by atoms with Gasteiger partial charge in [0.1, 0.15) is 0 Å². The Bertz CT molecular complexity index is 1010. The minimum absolute atomic E-state index is 0.0127. The molecule has 2 atom stereocenters. The summed E-state index contributed by atoms with van der Waals surface area (Å²) in [5.74, 6) is -0.332. The average Bonchev–Trinajstić information content (AvgIpc) is 3.17. The van der Waals surface area contributed by atoms with E-state index in [9.17, 15) is 14.9 Å². The number of nitrogens with one attached hydrogen (secondary N) is 1. The second-order valence-electron chi connectivity index (χ2n) is 11.0. The summed E-state index contributed by atoms with van der Waals surface area (Å²) in [4.78, 5) is 31.3. The Morgan fingerprint density at radius 1 is 1.20 bits per heavy atom. The molecule has 11 heteroatoms. The first-order valence-electron chi connectivity index (χ1n) is 11.9. The molecule has 0 bridgehead atoms. The highest BCUT2D eigenvalue weighted by molar-refractivity contribution is 6.74. The van der Waals surface area contributed by atoms with Crippen LogP contribution in [-0.2, 0) is 4.43 Å². The molecule has 9 nitrogen and oxygen atoms in total. The number of nitrogens with zero attached hydrogens (tertiary/aromatic N) is 4. The fourth-order valence-electron chi connectivity index (χ4n) is 4.32. The van der Waals surface area contributed by atoms with Crippen LogP contribution >= 0.6 is 11.6 Å². The second-order valence-corrected chi connectivity index (χ2v) is 16.1. The molecular weight excluding hydrogens is 486 g/mol.